The lowest BCUT2D eigenvalue weighted by Gasteiger charge is -2.40. The first kappa shape index (κ1) is 75.1. The first-order valence-corrected chi connectivity index (χ1v) is 33.5. The summed E-state index contributed by atoms with van der Waals surface area (Å²) in [6, 6.07) is -1.19. The third-order valence-electron chi connectivity index (χ3n) is 16.1. The highest BCUT2D eigenvalue weighted by atomic mass is 16.7. The Labute approximate surface area is 485 Å². The number of amides is 1. The molecule has 1 fully saturated rings. The summed E-state index contributed by atoms with van der Waals surface area (Å²) in [5, 5.41) is 76.1. The lowest BCUT2D eigenvalue weighted by atomic mass is 9.98. The molecule has 1 saturated heterocycles. The number of carbonyl (C=O) groups excluding carboxylic acids is 1. The highest BCUT2D eigenvalue weighted by Gasteiger charge is 2.44. The van der Waals surface area contributed by atoms with Crippen LogP contribution in [0.3, 0.4) is 0 Å². The van der Waals surface area contributed by atoms with Gasteiger partial charge in [-0.05, 0) is 83.5 Å². The lowest BCUT2D eigenvalue weighted by molar-refractivity contribution is -0.303. The van der Waals surface area contributed by atoms with E-state index in [1.165, 1.54) is 218 Å². The average Bonchev–Trinajstić information content (AvgIpc) is 3.46. The Bertz CT molecular complexity index is 1420. The first-order valence-electron chi connectivity index (χ1n) is 33.5. The summed E-state index contributed by atoms with van der Waals surface area (Å²) in [5.74, 6) is -0.709. The van der Waals surface area contributed by atoms with E-state index in [9.17, 15) is 40.5 Å². The standard InChI is InChI=1S/C68H127NO10/c1-3-5-7-9-11-13-15-17-19-20-21-22-23-24-25-26-27-28-29-30-31-32-33-34-35-36-37-38-39-40-41-42-44-46-48-50-52-54-56-61(72)67(77)69-59(58-78-68-66(76)65(75)64(74)62(57-70)79-68)63(73)60(71)55-53-51-49-47-45-43-18-16-14-12-10-8-6-4-2/h16,18,27-28,30-31,47,49,59-66,68,70-76H,3-15,17,19-26,29,32-46,48,50-58H2,1-2H3,(H,69,77)/b18-16+,28-27-,31-30-,49-47+. The lowest BCUT2D eigenvalue weighted by Crippen LogP contribution is -2.60. The highest BCUT2D eigenvalue weighted by Crippen LogP contribution is 2.24. The summed E-state index contributed by atoms with van der Waals surface area (Å²) in [6.45, 7) is 3.44. The molecule has 0 aliphatic carbocycles. The van der Waals surface area contributed by atoms with Gasteiger partial charge >= 0.3 is 0 Å². The van der Waals surface area contributed by atoms with Crippen LogP contribution < -0.4 is 5.32 Å². The van der Waals surface area contributed by atoms with E-state index in [0.29, 0.717) is 19.3 Å². The van der Waals surface area contributed by atoms with Crippen molar-refractivity contribution < 1.29 is 50.0 Å². The number of hydrogen-bond acceptors (Lipinski definition) is 10. The largest absolute Gasteiger partial charge is 0.394 e. The second-order valence-electron chi connectivity index (χ2n) is 23.5. The SMILES string of the molecule is CCCCCCC/C=C/CC/C=C/CCCC(O)C(O)C(COC1OC(CO)C(O)C(O)C1O)NC(=O)C(O)CCCCCCCCCCCCCCCCCC/C=C\C/C=C\CCCCCCCCCCCCCCCCC. The van der Waals surface area contributed by atoms with Crippen LogP contribution in [-0.4, -0.2) is 110 Å². The van der Waals surface area contributed by atoms with E-state index in [4.69, 9.17) is 9.47 Å². The number of aliphatic hydroxyl groups is 7. The van der Waals surface area contributed by atoms with Crippen LogP contribution in [0.5, 0.6) is 0 Å². The predicted molar refractivity (Wildman–Crippen MR) is 330 cm³/mol. The van der Waals surface area contributed by atoms with Crippen LogP contribution in [0.25, 0.3) is 0 Å². The minimum absolute atomic E-state index is 0.246. The molecule has 0 saturated carbocycles. The molecular weight excluding hydrogens is 991 g/mol. The molecule has 1 aliphatic heterocycles. The van der Waals surface area contributed by atoms with Gasteiger partial charge in [-0.2, -0.15) is 0 Å². The third kappa shape index (κ3) is 44.3. The number of unbranched alkanes of at least 4 members (excludes halogenated alkanes) is 38. The molecule has 11 heteroatoms. The molecule has 9 atom stereocenters. The normalized spacial score (nSPS) is 19.6. The molecule has 1 amide bonds. The molecule has 9 unspecified atom stereocenters. The Morgan fingerprint density at radius 2 is 0.797 bits per heavy atom. The number of hydrogen-bond donors (Lipinski definition) is 8. The molecule has 0 aromatic rings. The van der Waals surface area contributed by atoms with Gasteiger partial charge in [0.15, 0.2) is 6.29 Å². The molecular formula is C68H127NO10. The summed E-state index contributed by atoms with van der Waals surface area (Å²) < 4.78 is 11.1. The van der Waals surface area contributed by atoms with Gasteiger partial charge in [0.05, 0.1) is 25.4 Å². The molecule has 0 bridgehead atoms. The first-order chi connectivity index (χ1) is 38.7. The summed E-state index contributed by atoms with van der Waals surface area (Å²) in [4.78, 5) is 13.2. The molecule has 0 radical (unpaired) electrons. The van der Waals surface area contributed by atoms with Crippen molar-refractivity contribution >= 4 is 5.91 Å². The van der Waals surface area contributed by atoms with Crippen molar-refractivity contribution in [3.63, 3.8) is 0 Å². The molecule has 79 heavy (non-hydrogen) atoms. The number of rotatable bonds is 58. The molecule has 8 N–H and O–H groups in total. The number of carbonyl (C=O) groups is 1. The van der Waals surface area contributed by atoms with E-state index in [2.05, 4.69) is 67.8 Å². The van der Waals surface area contributed by atoms with Gasteiger partial charge in [0, 0.05) is 0 Å². The van der Waals surface area contributed by atoms with Crippen LogP contribution in [0.2, 0.25) is 0 Å². The van der Waals surface area contributed by atoms with Crippen molar-refractivity contribution in [1.29, 1.82) is 0 Å². The predicted octanol–water partition coefficient (Wildman–Crippen LogP) is 15.6. The summed E-state index contributed by atoms with van der Waals surface area (Å²) >= 11 is 0. The number of allylic oxidation sites excluding steroid dienone is 8. The van der Waals surface area contributed by atoms with Crippen LogP contribution in [0.15, 0.2) is 48.6 Å². The fourth-order valence-electron chi connectivity index (χ4n) is 10.7. The van der Waals surface area contributed by atoms with Crippen molar-refractivity contribution in [3.05, 3.63) is 48.6 Å². The molecule has 464 valence electrons. The van der Waals surface area contributed by atoms with E-state index in [1.54, 1.807) is 0 Å². The zero-order valence-corrected chi connectivity index (χ0v) is 51.1. The molecule has 1 aliphatic rings. The number of ether oxygens (including phenoxy) is 2. The minimum Gasteiger partial charge on any atom is -0.394 e. The number of nitrogens with one attached hydrogen (secondary N) is 1. The second-order valence-corrected chi connectivity index (χ2v) is 23.5. The molecule has 11 nitrogen and oxygen atoms in total. The Morgan fingerprint density at radius 3 is 1.20 bits per heavy atom. The number of aliphatic hydroxyl groups excluding tert-OH is 7. The van der Waals surface area contributed by atoms with Gasteiger partial charge < -0.3 is 50.5 Å². The highest BCUT2D eigenvalue weighted by molar-refractivity contribution is 5.80. The van der Waals surface area contributed by atoms with Crippen molar-refractivity contribution in [1.82, 2.24) is 5.32 Å². The van der Waals surface area contributed by atoms with Crippen LogP contribution in [0, 0.1) is 0 Å². The average molecular weight is 1120 g/mol. The monoisotopic (exact) mass is 1120 g/mol. The smallest absolute Gasteiger partial charge is 0.249 e. The minimum atomic E-state index is -1.67. The van der Waals surface area contributed by atoms with Crippen molar-refractivity contribution in [2.24, 2.45) is 0 Å². The van der Waals surface area contributed by atoms with E-state index in [-0.39, 0.29) is 12.8 Å². The fraction of sp³-hybridized carbons (Fsp3) is 0.868. The Hall–Kier alpha value is -1.93. The van der Waals surface area contributed by atoms with Crippen molar-refractivity contribution in [2.75, 3.05) is 13.2 Å². The van der Waals surface area contributed by atoms with Gasteiger partial charge in [-0.15, -0.1) is 0 Å². The third-order valence-corrected chi connectivity index (χ3v) is 16.1. The van der Waals surface area contributed by atoms with Crippen LogP contribution >= 0.6 is 0 Å². The van der Waals surface area contributed by atoms with E-state index >= 15 is 0 Å². The summed E-state index contributed by atoms with van der Waals surface area (Å²) in [6.07, 6.45) is 62.2. The summed E-state index contributed by atoms with van der Waals surface area (Å²) in [5.41, 5.74) is 0. The maximum Gasteiger partial charge on any atom is 0.249 e. The van der Waals surface area contributed by atoms with E-state index in [1.807, 2.05) is 0 Å². The van der Waals surface area contributed by atoms with Crippen molar-refractivity contribution in [2.45, 2.75) is 364 Å². The Morgan fingerprint density at radius 1 is 0.443 bits per heavy atom. The molecule has 0 spiro atoms. The van der Waals surface area contributed by atoms with Gasteiger partial charge in [-0.1, -0.05) is 274 Å². The van der Waals surface area contributed by atoms with E-state index in [0.717, 1.165) is 44.9 Å². The van der Waals surface area contributed by atoms with Crippen LogP contribution in [0.4, 0.5) is 0 Å². The van der Waals surface area contributed by atoms with Gasteiger partial charge in [-0.25, -0.2) is 0 Å². The van der Waals surface area contributed by atoms with Gasteiger partial charge in [0.1, 0.15) is 36.6 Å². The van der Waals surface area contributed by atoms with Gasteiger partial charge in [-0.3, -0.25) is 4.79 Å². The maximum atomic E-state index is 13.2. The Kier molecular flexibility index (Phi) is 53.7. The maximum absolute atomic E-state index is 13.2. The molecule has 0 aromatic heterocycles. The topological polar surface area (TPSA) is 189 Å². The second kappa shape index (κ2) is 56.5. The molecule has 1 rings (SSSR count). The van der Waals surface area contributed by atoms with Crippen LogP contribution in [0.1, 0.15) is 309 Å². The molecule has 0 aromatic carbocycles. The van der Waals surface area contributed by atoms with Crippen LogP contribution in [-0.2, 0) is 14.3 Å². The fourth-order valence-corrected chi connectivity index (χ4v) is 10.7. The van der Waals surface area contributed by atoms with E-state index < -0.39 is 74.2 Å². The Balaban J connectivity index is 2.13. The zero-order valence-electron chi connectivity index (χ0n) is 51.1. The quantitative estimate of drug-likeness (QED) is 0.0215. The summed E-state index contributed by atoms with van der Waals surface area (Å²) in [7, 11) is 0. The van der Waals surface area contributed by atoms with Gasteiger partial charge in [0.2, 0.25) is 5.91 Å². The van der Waals surface area contributed by atoms with Crippen molar-refractivity contribution in [3.8, 4) is 0 Å². The molecule has 1 heterocycles. The van der Waals surface area contributed by atoms with Gasteiger partial charge in [0.25, 0.3) is 0 Å². The zero-order chi connectivity index (χ0) is 57.5.